The fourth-order valence-electron chi connectivity index (χ4n) is 0.712. The quantitative estimate of drug-likeness (QED) is 0.787. The van der Waals surface area contributed by atoms with Crippen LogP contribution in [0.4, 0.5) is 13.2 Å². The van der Waals surface area contributed by atoms with Crippen molar-refractivity contribution in [3.05, 3.63) is 0 Å². The fraction of sp³-hybridized carbons (Fsp3) is 0.750. The Morgan fingerprint density at radius 1 is 1.25 bits per heavy atom. The lowest BCUT2D eigenvalue weighted by molar-refractivity contribution is -0.125. The van der Waals surface area contributed by atoms with Crippen LogP contribution in [0.3, 0.4) is 0 Å². The van der Waals surface area contributed by atoms with E-state index in [0.717, 1.165) is 18.3 Å². The van der Waals surface area contributed by atoms with Crippen molar-refractivity contribution >= 4 is 23.1 Å². The number of alkyl halides is 3. The van der Waals surface area contributed by atoms with Gasteiger partial charge in [-0.3, -0.25) is 0 Å². The van der Waals surface area contributed by atoms with Crippen molar-refractivity contribution in [3.8, 4) is 5.19 Å². The molecule has 1 aromatic rings. The molecule has 1 heterocycles. The molecular formula is C8H11F3N2OS2. The van der Waals surface area contributed by atoms with Crippen molar-refractivity contribution < 1.29 is 17.9 Å². The average Bonchev–Trinajstić information content (AvgIpc) is 2.49. The van der Waals surface area contributed by atoms with E-state index in [-0.39, 0.29) is 10.4 Å². The third-order valence-corrected chi connectivity index (χ3v) is 3.51. The van der Waals surface area contributed by atoms with Gasteiger partial charge in [-0.25, -0.2) is 0 Å². The van der Waals surface area contributed by atoms with Crippen LogP contribution in [0.15, 0.2) is 4.34 Å². The monoisotopic (exact) mass is 272 g/mol. The van der Waals surface area contributed by atoms with Crippen LogP contribution in [-0.4, -0.2) is 27.7 Å². The van der Waals surface area contributed by atoms with Gasteiger partial charge in [0.1, 0.15) is 5.25 Å². The van der Waals surface area contributed by atoms with Gasteiger partial charge in [0, 0.05) is 0 Å². The second-order valence-electron chi connectivity index (χ2n) is 3.30. The van der Waals surface area contributed by atoms with E-state index in [1.165, 1.54) is 0 Å². The molecule has 0 amide bonds. The molecule has 8 heteroatoms. The Labute approximate surface area is 99.4 Å². The molecule has 0 N–H and O–H groups in total. The first-order valence-electron chi connectivity index (χ1n) is 4.52. The van der Waals surface area contributed by atoms with Gasteiger partial charge in [-0.15, -0.1) is 5.10 Å². The topological polar surface area (TPSA) is 35.0 Å². The maximum Gasteiger partial charge on any atom is 0.400 e. The summed E-state index contributed by atoms with van der Waals surface area (Å²) in [4.78, 5) is 0. The van der Waals surface area contributed by atoms with Crippen molar-refractivity contribution in [1.82, 2.24) is 10.2 Å². The van der Waals surface area contributed by atoms with Crippen LogP contribution < -0.4 is 4.74 Å². The molecule has 0 saturated heterocycles. The number of nitrogens with zero attached hydrogens (tertiary/aromatic N) is 2. The van der Waals surface area contributed by atoms with Gasteiger partial charge in [-0.05, 0) is 32.1 Å². The maximum absolute atomic E-state index is 12.3. The Hall–Kier alpha value is -0.500. The van der Waals surface area contributed by atoms with E-state index in [1.54, 1.807) is 0 Å². The molecule has 0 radical (unpaired) electrons. The van der Waals surface area contributed by atoms with Gasteiger partial charge in [-0.1, -0.05) is 16.9 Å². The normalized spacial score (nSPS) is 14.2. The van der Waals surface area contributed by atoms with Gasteiger partial charge in [0.25, 0.3) is 5.19 Å². The van der Waals surface area contributed by atoms with E-state index in [2.05, 4.69) is 10.2 Å². The highest BCUT2D eigenvalue weighted by molar-refractivity contribution is 8.01. The van der Waals surface area contributed by atoms with E-state index in [1.807, 2.05) is 13.8 Å². The van der Waals surface area contributed by atoms with Crippen LogP contribution in [0.5, 0.6) is 5.19 Å². The van der Waals surface area contributed by atoms with Crippen LogP contribution in [0, 0.1) is 0 Å². The lowest BCUT2D eigenvalue weighted by atomic mass is 10.5. The molecule has 0 spiro atoms. The molecule has 16 heavy (non-hydrogen) atoms. The summed E-state index contributed by atoms with van der Waals surface area (Å²) in [6.07, 6.45) is -4.29. The predicted molar refractivity (Wildman–Crippen MR) is 57.0 cm³/mol. The highest BCUT2D eigenvalue weighted by Gasteiger charge is 2.37. The van der Waals surface area contributed by atoms with Crippen molar-refractivity contribution in [1.29, 1.82) is 0 Å². The summed E-state index contributed by atoms with van der Waals surface area (Å²) in [6.45, 7) is 4.72. The molecule has 0 fully saturated rings. The molecule has 0 bridgehead atoms. The van der Waals surface area contributed by atoms with Crippen molar-refractivity contribution in [2.45, 2.75) is 42.6 Å². The Bertz CT molecular complexity index is 340. The van der Waals surface area contributed by atoms with Gasteiger partial charge < -0.3 is 4.74 Å². The van der Waals surface area contributed by atoms with Crippen LogP contribution >= 0.6 is 23.1 Å². The fourth-order valence-corrected chi connectivity index (χ4v) is 2.63. The van der Waals surface area contributed by atoms with Gasteiger partial charge in [0.2, 0.25) is 0 Å². The summed E-state index contributed by atoms with van der Waals surface area (Å²) >= 11 is 1.66. The van der Waals surface area contributed by atoms with Crippen molar-refractivity contribution in [2.24, 2.45) is 0 Å². The molecule has 0 unspecified atom stereocenters. The first-order valence-corrected chi connectivity index (χ1v) is 6.22. The first kappa shape index (κ1) is 13.6. The summed E-state index contributed by atoms with van der Waals surface area (Å²) in [5.74, 6) is 0. The molecule has 92 valence electrons. The number of ether oxygens (including phenoxy) is 1. The van der Waals surface area contributed by atoms with E-state index < -0.39 is 11.4 Å². The summed E-state index contributed by atoms with van der Waals surface area (Å²) in [5, 5.41) is 6.08. The Balaban J connectivity index is 2.58. The van der Waals surface area contributed by atoms with Crippen LogP contribution in [0.1, 0.15) is 20.8 Å². The molecule has 1 atom stereocenters. The Morgan fingerprint density at radius 2 is 1.88 bits per heavy atom. The van der Waals surface area contributed by atoms with Gasteiger partial charge in [0.15, 0.2) is 4.34 Å². The minimum atomic E-state index is -4.23. The van der Waals surface area contributed by atoms with Gasteiger partial charge in [0.05, 0.1) is 6.10 Å². The highest BCUT2D eigenvalue weighted by Crippen LogP contribution is 2.37. The number of aromatic nitrogens is 2. The molecule has 3 nitrogen and oxygen atoms in total. The van der Waals surface area contributed by atoms with Gasteiger partial charge in [-0.2, -0.15) is 13.2 Å². The zero-order chi connectivity index (χ0) is 12.3. The predicted octanol–water partition coefficient (Wildman–Crippen LogP) is 3.37. The molecule has 0 aromatic carbocycles. The lowest BCUT2D eigenvalue weighted by Crippen LogP contribution is -2.21. The molecular weight excluding hydrogens is 261 g/mol. The van der Waals surface area contributed by atoms with Crippen LogP contribution in [0.2, 0.25) is 0 Å². The molecule has 1 rings (SSSR count). The van der Waals surface area contributed by atoms with Crippen molar-refractivity contribution in [3.63, 3.8) is 0 Å². The SMILES string of the molecule is CC(C)Oc1nnc(S[C@@H](C)C(F)(F)F)s1. The largest absolute Gasteiger partial charge is 0.466 e. The van der Waals surface area contributed by atoms with Crippen LogP contribution in [0.25, 0.3) is 0 Å². The summed E-state index contributed by atoms with van der Waals surface area (Å²) in [5.41, 5.74) is 0. The first-order chi connectivity index (χ1) is 7.29. The summed E-state index contributed by atoms with van der Waals surface area (Å²) < 4.78 is 42.2. The van der Waals surface area contributed by atoms with E-state index in [4.69, 9.17) is 4.74 Å². The highest BCUT2D eigenvalue weighted by atomic mass is 32.2. The summed E-state index contributed by atoms with van der Waals surface area (Å²) in [6, 6.07) is 0. The van der Waals surface area contributed by atoms with E-state index >= 15 is 0 Å². The zero-order valence-corrected chi connectivity index (χ0v) is 10.5. The average molecular weight is 272 g/mol. The third-order valence-electron chi connectivity index (χ3n) is 1.46. The molecule has 1 aromatic heterocycles. The second kappa shape index (κ2) is 5.22. The Morgan fingerprint density at radius 3 is 2.38 bits per heavy atom. The number of halogens is 3. The number of hydrogen-bond acceptors (Lipinski definition) is 5. The van der Waals surface area contributed by atoms with E-state index in [9.17, 15) is 13.2 Å². The number of rotatable bonds is 4. The second-order valence-corrected chi connectivity index (χ2v) is 5.83. The van der Waals surface area contributed by atoms with Gasteiger partial charge >= 0.3 is 6.18 Å². The number of hydrogen-bond donors (Lipinski definition) is 0. The standard InChI is InChI=1S/C8H11F3N2OS2/c1-4(2)14-6-12-13-7(16-6)15-5(3)8(9,10)11/h4-5H,1-3H3/t5-/m0/s1. The molecule has 0 saturated carbocycles. The lowest BCUT2D eigenvalue weighted by Gasteiger charge is -2.12. The molecule has 0 aliphatic heterocycles. The smallest absolute Gasteiger partial charge is 0.400 e. The Kier molecular flexibility index (Phi) is 4.43. The number of thioether (sulfide) groups is 1. The van der Waals surface area contributed by atoms with Crippen LogP contribution in [-0.2, 0) is 0 Å². The molecule has 0 aliphatic carbocycles. The maximum atomic E-state index is 12.3. The minimum Gasteiger partial charge on any atom is -0.466 e. The molecule has 0 aliphatic rings. The zero-order valence-electron chi connectivity index (χ0n) is 8.91. The minimum absolute atomic E-state index is 0.0640. The van der Waals surface area contributed by atoms with Crippen molar-refractivity contribution in [2.75, 3.05) is 0 Å². The van der Waals surface area contributed by atoms with E-state index in [0.29, 0.717) is 17.0 Å². The third kappa shape index (κ3) is 4.17. The summed E-state index contributed by atoms with van der Waals surface area (Å²) in [7, 11) is 0.